The number of amidine groups is 1. The van der Waals surface area contributed by atoms with Gasteiger partial charge in [0.05, 0.1) is 5.56 Å². The number of hydrogen-bond donors (Lipinski definition) is 1. The van der Waals surface area contributed by atoms with Crippen molar-refractivity contribution in [3.63, 3.8) is 0 Å². The first-order valence-corrected chi connectivity index (χ1v) is 10.0. The average Bonchev–Trinajstić information content (AvgIpc) is 2.83. The zero-order valence-corrected chi connectivity index (χ0v) is 16.5. The van der Waals surface area contributed by atoms with Gasteiger partial charge in [0, 0.05) is 31.1 Å². The van der Waals surface area contributed by atoms with Gasteiger partial charge < -0.3 is 14.7 Å². The van der Waals surface area contributed by atoms with Crippen LogP contribution in [0.5, 0.6) is 11.5 Å². The summed E-state index contributed by atoms with van der Waals surface area (Å²) >= 11 is -0.153. The Balaban J connectivity index is 1.74. The topological polar surface area (TPSA) is 48.3 Å². The highest BCUT2D eigenvalue weighted by atomic mass is 32.2. The molecule has 1 fully saturated rings. The Morgan fingerprint density at radius 3 is 2.48 bits per heavy atom. The zero-order valence-electron chi connectivity index (χ0n) is 15.7. The molecule has 1 N–H and O–H groups in total. The second-order valence-corrected chi connectivity index (χ2v) is 8.00. The molecule has 154 valence electrons. The van der Waals surface area contributed by atoms with Crippen LogP contribution in [0.2, 0.25) is 0 Å². The third kappa shape index (κ3) is 4.52. The lowest BCUT2D eigenvalue weighted by Crippen LogP contribution is -2.51. The molecule has 1 atom stereocenters. The van der Waals surface area contributed by atoms with E-state index in [1.807, 2.05) is 28.0 Å². The number of alkyl halides is 3. The van der Waals surface area contributed by atoms with E-state index in [0.29, 0.717) is 54.8 Å². The Labute approximate surface area is 170 Å². The van der Waals surface area contributed by atoms with Crippen molar-refractivity contribution in [1.82, 2.24) is 9.80 Å². The van der Waals surface area contributed by atoms with Crippen molar-refractivity contribution in [3.8, 4) is 11.5 Å². The van der Waals surface area contributed by atoms with Crippen LogP contribution in [0.25, 0.3) is 0 Å². The molecular formula is C20H20F3N3O2S. The first-order chi connectivity index (χ1) is 13.8. The van der Waals surface area contributed by atoms with E-state index in [1.54, 1.807) is 19.1 Å². The minimum absolute atomic E-state index is 0.0844. The number of fused-ring (bicyclic) bond motifs is 2. The van der Waals surface area contributed by atoms with Gasteiger partial charge in [-0.25, -0.2) is 4.99 Å². The summed E-state index contributed by atoms with van der Waals surface area (Å²) in [6.07, 6.45) is -0.542. The summed E-state index contributed by atoms with van der Waals surface area (Å²) in [5.74, 6) is 1.61. The summed E-state index contributed by atoms with van der Waals surface area (Å²) in [6, 6.07) is 11.7. The predicted octanol–water partition coefficient (Wildman–Crippen LogP) is 4.44. The summed E-state index contributed by atoms with van der Waals surface area (Å²) in [5.41, 5.74) is -3.22. The fourth-order valence-electron chi connectivity index (χ4n) is 3.45. The van der Waals surface area contributed by atoms with E-state index in [2.05, 4.69) is 0 Å². The molecular weight excluding hydrogens is 403 g/mol. The largest absolute Gasteiger partial charge is 0.454 e. The van der Waals surface area contributed by atoms with Gasteiger partial charge in [0.2, 0.25) is 0 Å². The van der Waals surface area contributed by atoms with Crippen LogP contribution in [-0.2, 0) is 0 Å². The molecule has 0 spiro atoms. The van der Waals surface area contributed by atoms with E-state index >= 15 is 0 Å². The van der Waals surface area contributed by atoms with Gasteiger partial charge in [-0.05, 0) is 49.0 Å². The van der Waals surface area contributed by atoms with Crippen LogP contribution in [0.1, 0.15) is 12.5 Å². The number of aliphatic hydroxyl groups excluding tert-OH is 1. The molecule has 4 rings (SSSR count). The fraction of sp³-hybridized carbons (Fsp3) is 0.350. The smallest absolute Gasteiger partial charge is 0.446 e. The second-order valence-electron chi connectivity index (χ2n) is 6.87. The molecule has 0 bridgehead atoms. The highest BCUT2D eigenvalue weighted by molar-refractivity contribution is 8.00. The van der Waals surface area contributed by atoms with Gasteiger partial charge in [-0.1, -0.05) is 12.1 Å². The van der Waals surface area contributed by atoms with E-state index in [9.17, 15) is 18.3 Å². The highest BCUT2D eigenvalue weighted by Crippen LogP contribution is 2.42. The molecule has 1 unspecified atom stereocenters. The quantitative estimate of drug-likeness (QED) is 0.724. The molecule has 0 radical (unpaired) electrons. The van der Waals surface area contributed by atoms with E-state index < -0.39 is 11.7 Å². The van der Waals surface area contributed by atoms with Gasteiger partial charge in [-0.3, -0.25) is 4.90 Å². The Kier molecular flexibility index (Phi) is 5.46. The van der Waals surface area contributed by atoms with Gasteiger partial charge in [-0.15, -0.1) is 0 Å². The van der Waals surface area contributed by atoms with Crippen LogP contribution < -0.4 is 4.74 Å². The number of rotatable bonds is 2. The summed E-state index contributed by atoms with van der Waals surface area (Å²) in [7, 11) is 0. The summed E-state index contributed by atoms with van der Waals surface area (Å²) in [5, 5.41) is 9.80. The molecule has 2 heterocycles. The van der Waals surface area contributed by atoms with Crippen molar-refractivity contribution in [2.24, 2.45) is 4.99 Å². The Hall–Kier alpha value is -2.23. The number of hydrogen-bond acceptors (Lipinski definition) is 6. The molecule has 2 aliphatic heterocycles. The Bertz CT molecular complexity index is 925. The number of halogens is 3. The lowest BCUT2D eigenvalue weighted by molar-refractivity contribution is -0.0328. The van der Waals surface area contributed by atoms with Gasteiger partial charge in [-0.2, -0.15) is 13.2 Å². The van der Waals surface area contributed by atoms with Crippen LogP contribution in [0, 0.1) is 0 Å². The number of benzene rings is 2. The van der Waals surface area contributed by atoms with Gasteiger partial charge in [0.25, 0.3) is 0 Å². The lowest BCUT2D eigenvalue weighted by atomic mass is 10.1. The number of piperazine rings is 1. The number of nitrogens with zero attached hydrogens (tertiary/aromatic N) is 3. The van der Waals surface area contributed by atoms with Crippen molar-refractivity contribution >= 4 is 23.3 Å². The van der Waals surface area contributed by atoms with Gasteiger partial charge in [0.15, 0.2) is 5.75 Å². The molecule has 2 aliphatic rings. The molecule has 2 aromatic rings. The SMILES string of the molecule is CC(O)N1CCN(C2=Nc3ccccc3Oc3ccc(SC(F)(F)F)cc32)CC1. The fourth-order valence-corrected chi connectivity index (χ4v) is 4.03. The molecule has 9 heteroatoms. The summed E-state index contributed by atoms with van der Waals surface area (Å²) in [6.45, 7) is 4.18. The highest BCUT2D eigenvalue weighted by Gasteiger charge is 2.31. The van der Waals surface area contributed by atoms with Crippen molar-refractivity contribution < 1.29 is 23.0 Å². The summed E-state index contributed by atoms with van der Waals surface area (Å²) < 4.78 is 44.7. The summed E-state index contributed by atoms with van der Waals surface area (Å²) in [4.78, 5) is 8.81. The van der Waals surface area contributed by atoms with Crippen LogP contribution >= 0.6 is 11.8 Å². The van der Waals surface area contributed by atoms with Crippen LogP contribution in [0.3, 0.4) is 0 Å². The number of para-hydroxylation sites is 2. The maximum absolute atomic E-state index is 12.9. The van der Waals surface area contributed by atoms with Crippen molar-refractivity contribution in [2.45, 2.75) is 23.6 Å². The van der Waals surface area contributed by atoms with Crippen molar-refractivity contribution in [2.75, 3.05) is 26.2 Å². The van der Waals surface area contributed by atoms with E-state index in [1.165, 1.54) is 12.1 Å². The normalized spacial score (nSPS) is 18.2. The number of aliphatic imine (C=N–C) groups is 1. The number of aliphatic hydroxyl groups is 1. The maximum Gasteiger partial charge on any atom is 0.446 e. The molecule has 0 saturated carbocycles. The minimum atomic E-state index is -4.37. The van der Waals surface area contributed by atoms with Crippen LogP contribution in [0.4, 0.5) is 18.9 Å². The van der Waals surface area contributed by atoms with Crippen molar-refractivity contribution in [1.29, 1.82) is 0 Å². The zero-order chi connectivity index (χ0) is 20.6. The minimum Gasteiger partial charge on any atom is -0.454 e. The monoisotopic (exact) mass is 423 g/mol. The first kappa shape index (κ1) is 20.1. The van der Waals surface area contributed by atoms with E-state index in [0.717, 1.165) is 0 Å². The molecule has 5 nitrogen and oxygen atoms in total. The maximum atomic E-state index is 12.9. The van der Waals surface area contributed by atoms with Crippen LogP contribution in [0.15, 0.2) is 52.4 Å². The van der Waals surface area contributed by atoms with Gasteiger partial charge >= 0.3 is 5.51 Å². The molecule has 0 aromatic heterocycles. The molecule has 29 heavy (non-hydrogen) atoms. The van der Waals surface area contributed by atoms with E-state index in [4.69, 9.17) is 9.73 Å². The van der Waals surface area contributed by atoms with Crippen LogP contribution in [-0.4, -0.2) is 58.7 Å². The van der Waals surface area contributed by atoms with Crippen molar-refractivity contribution in [3.05, 3.63) is 48.0 Å². The molecule has 1 saturated heterocycles. The Morgan fingerprint density at radius 1 is 1.07 bits per heavy atom. The standard InChI is InChI=1S/C20H20F3N3O2S/c1-13(27)25-8-10-26(11-9-25)19-15-12-14(29-20(21,22)23)6-7-17(15)28-18-5-3-2-4-16(18)24-19/h2-7,12-13,27H,8-11H2,1H3. The number of thioether (sulfide) groups is 1. The Morgan fingerprint density at radius 2 is 1.79 bits per heavy atom. The number of ether oxygens (including phenoxy) is 1. The van der Waals surface area contributed by atoms with E-state index in [-0.39, 0.29) is 16.7 Å². The third-order valence-electron chi connectivity index (χ3n) is 4.88. The second kappa shape index (κ2) is 7.89. The molecule has 2 aromatic carbocycles. The predicted molar refractivity (Wildman–Crippen MR) is 106 cm³/mol. The molecule has 0 aliphatic carbocycles. The van der Waals surface area contributed by atoms with Gasteiger partial charge in [0.1, 0.15) is 23.5 Å². The average molecular weight is 423 g/mol. The first-order valence-electron chi connectivity index (χ1n) is 9.23. The molecule has 0 amide bonds. The third-order valence-corrected chi connectivity index (χ3v) is 5.60. The lowest BCUT2D eigenvalue weighted by Gasteiger charge is -2.37.